The Labute approximate surface area is 72.6 Å². The van der Waals surface area contributed by atoms with Crippen LogP contribution in [-0.4, -0.2) is 17.9 Å². The second-order valence-electron chi connectivity index (χ2n) is 2.64. The molecule has 2 nitrogen and oxygen atoms in total. The molecule has 2 heteroatoms. The average Bonchev–Trinajstić information content (AvgIpc) is 2.08. The molecule has 1 aromatic rings. The molecule has 12 heavy (non-hydrogen) atoms. The maximum absolute atomic E-state index is 9.53. The lowest BCUT2D eigenvalue weighted by Crippen LogP contribution is -1.85. The molecule has 0 bridgehead atoms. The average molecular weight is 163 g/mol. The number of benzene rings is 1. The summed E-state index contributed by atoms with van der Waals surface area (Å²) in [5, 5.41) is 9.53. The van der Waals surface area contributed by atoms with Crippen LogP contribution >= 0.6 is 0 Å². The third-order valence-electron chi connectivity index (χ3n) is 1.68. The first-order valence-corrected chi connectivity index (χ1v) is 4.04. The second kappa shape index (κ2) is 3.90. The minimum absolute atomic E-state index is 0.328. The van der Waals surface area contributed by atoms with Gasteiger partial charge in [-0.1, -0.05) is 12.1 Å². The van der Waals surface area contributed by atoms with E-state index in [1.54, 1.807) is 6.21 Å². The Morgan fingerprint density at radius 3 is 2.92 bits per heavy atom. The molecule has 0 aliphatic heterocycles. The predicted octanol–water partition coefficient (Wildman–Crippen LogP) is 2.14. The summed E-state index contributed by atoms with van der Waals surface area (Å²) in [4.78, 5) is 4.06. The van der Waals surface area contributed by atoms with Crippen molar-refractivity contribution in [3.63, 3.8) is 0 Å². The number of hydrogen-bond acceptors (Lipinski definition) is 2. The van der Waals surface area contributed by atoms with Crippen LogP contribution in [0.1, 0.15) is 18.1 Å². The quantitative estimate of drug-likeness (QED) is 0.665. The molecule has 0 aliphatic rings. The van der Waals surface area contributed by atoms with Crippen molar-refractivity contribution in [3.8, 4) is 5.75 Å². The summed E-state index contributed by atoms with van der Waals surface area (Å²) in [6, 6.07) is 5.63. The smallest absolute Gasteiger partial charge is 0.127 e. The Hall–Kier alpha value is -1.31. The zero-order valence-electron chi connectivity index (χ0n) is 7.41. The molecule has 1 rings (SSSR count). The van der Waals surface area contributed by atoms with Crippen LogP contribution in [0.3, 0.4) is 0 Å². The molecular weight excluding hydrogens is 150 g/mol. The van der Waals surface area contributed by atoms with Gasteiger partial charge in [0.15, 0.2) is 0 Å². The van der Waals surface area contributed by atoms with Gasteiger partial charge in [-0.3, -0.25) is 4.99 Å². The fourth-order valence-electron chi connectivity index (χ4n) is 0.975. The fraction of sp³-hybridized carbons (Fsp3) is 0.300. The highest BCUT2D eigenvalue weighted by molar-refractivity contribution is 5.83. The van der Waals surface area contributed by atoms with E-state index < -0.39 is 0 Å². The van der Waals surface area contributed by atoms with Crippen molar-refractivity contribution in [2.45, 2.75) is 13.8 Å². The van der Waals surface area contributed by atoms with E-state index in [1.807, 2.05) is 32.0 Å². The first-order valence-electron chi connectivity index (χ1n) is 4.04. The SMILES string of the molecule is CCN=Cc1cccc(C)c1O. The van der Waals surface area contributed by atoms with Gasteiger partial charge in [-0.2, -0.15) is 0 Å². The van der Waals surface area contributed by atoms with E-state index >= 15 is 0 Å². The van der Waals surface area contributed by atoms with E-state index in [0.29, 0.717) is 5.75 Å². The number of aryl methyl sites for hydroxylation is 1. The molecule has 0 atom stereocenters. The van der Waals surface area contributed by atoms with Gasteiger partial charge in [0.25, 0.3) is 0 Å². The Morgan fingerprint density at radius 2 is 2.25 bits per heavy atom. The molecule has 64 valence electrons. The molecule has 0 aromatic heterocycles. The predicted molar refractivity (Wildman–Crippen MR) is 51.0 cm³/mol. The standard InChI is InChI=1S/C10H13NO/c1-3-11-7-9-6-4-5-8(2)10(9)12/h4-7,12H,3H2,1-2H3. The number of rotatable bonds is 2. The first-order chi connectivity index (χ1) is 5.75. The van der Waals surface area contributed by atoms with E-state index in [-0.39, 0.29) is 0 Å². The summed E-state index contributed by atoms with van der Waals surface area (Å²) in [6.07, 6.45) is 1.70. The highest BCUT2D eigenvalue weighted by Crippen LogP contribution is 2.19. The lowest BCUT2D eigenvalue weighted by molar-refractivity contribution is 0.470. The van der Waals surface area contributed by atoms with Crippen LogP contribution in [0.2, 0.25) is 0 Å². The number of para-hydroxylation sites is 1. The van der Waals surface area contributed by atoms with Gasteiger partial charge in [0.05, 0.1) is 0 Å². The normalized spacial score (nSPS) is 10.8. The number of hydrogen-bond donors (Lipinski definition) is 1. The van der Waals surface area contributed by atoms with Crippen molar-refractivity contribution >= 4 is 6.21 Å². The maximum atomic E-state index is 9.53. The van der Waals surface area contributed by atoms with Gasteiger partial charge in [0.2, 0.25) is 0 Å². The summed E-state index contributed by atoms with van der Waals surface area (Å²) >= 11 is 0. The molecule has 0 heterocycles. The molecule has 0 saturated heterocycles. The fourth-order valence-corrected chi connectivity index (χ4v) is 0.975. The first kappa shape index (κ1) is 8.78. The highest BCUT2D eigenvalue weighted by Gasteiger charge is 1.98. The largest absolute Gasteiger partial charge is 0.507 e. The zero-order valence-corrected chi connectivity index (χ0v) is 7.41. The van der Waals surface area contributed by atoms with Crippen molar-refractivity contribution in [2.24, 2.45) is 4.99 Å². The third-order valence-corrected chi connectivity index (χ3v) is 1.68. The van der Waals surface area contributed by atoms with Crippen LogP contribution in [0.5, 0.6) is 5.75 Å². The lowest BCUT2D eigenvalue weighted by atomic mass is 10.1. The van der Waals surface area contributed by atoms with Gasteiger partial charge >= 0.3 is 0 Å². The number of phenolic OH excluding ortho intramolecular Hbond substituents is 1. The van der Waals surface area contributed by atoms with E-state index in [9.17, 15) is 5.11 Å². The molecule has 0 fully saturated rings. The Kier molecular flexibility index (Phi) is 2.86. The lowest BCUT2D eigenvalue weighted by Gasteiger charge is -2.00. The summed E-state index contributed by atoms with van der Waals surface area (Å²) in [7, 11) is 0. The van der Waals surface area contributed by atoms with Crippen LogP contribution in [-0.2, 0) is 0 Å². The molecule has 0 unspecified atom stereocenters. The highest BCUT2D eigenvalue weighted by atomic mass is 16.3. The van der Waals surface area contributed by atoms with Crippen molar-refractivity contribution in [2.75, 3.05) is 6.54 Å². The van der Waals surface area contributed by atoms with Gasteiger partial charge in [-0.05, 0) is 25.5 Å². The summed E-state index contributed by atoms with van der Waals surface area (Å²) in [5.41, 5.74) is 1.67. The molecule has 0 saturated carbocycles. The number of phenols is 1. The van der Waals surface area contributed by atoms with Gasteiger partial charge in [-0.15, -0.1) is 0 Å². The zero-order chi connectivity index (χ0) is 8.97. The molecule has 0 amide bonds. The monoisotopic (exact) mass is 163 g/mol. The summed E-state index contributed by atoms with van der Waals surface area (Å²) in [5.74, 6) is 0.328. The molecule has 1 N–H and O–H groups in total. The van der Waals surface area contributed by atoms with Crippen LogP contribution < -0.4 is 0 Å². The molecular formula is C10H13NO. The topological polar surface area (TPSA) is 32.6 Å². The molecule has 1 aromatic carbocycles. The maximum Gasteiger partial charge on any atom is 0.127 e. The Morgan fingerprint density at radius 1 is 1.50 bits per heavy atom. The van der Waals surface area contributed by atoms with E-state index in [4.69, 9.17) is 0 Å². The van der Waals surface area contributed by atoms with Crippen molar-refractivity contribution in [1.29, 1.82) is 0 Å². The second-order valence-corrected chi connectivity index (χ2v) is 2.64. The van der Waals surface area contributed by atoms with Gasteiger partial charge in [-0.25, -0.2) is 0 Å². The molecule has 0 spiro atoms. The number of nitrogens with zero attached hydrogens (tertiary/aromatic N) is 1. The van der Waals surface area contributed by atoms with Crippen LogP contribution in [0.25, 0.3) is 0 Å². The summed E-state index contributed by atoms with van der Waals surface area (Å²) < 4.78 is 0. The minimum atomic E-state index is 0.328. The van der Waals surface area contributed by atoms with Crippen LogP contribution in [0.15, 0.2) is 23.2 Å². The van der Waals surface area contributed by atoms with Gasteiger partial charge < -0.3 is 5.11 Å². The van der Waals surface area contributed by atoms with E-state index in [1.165, 1.54) is 0 Å². The van der Waals surface area contributed by atoms with Gasteiger partial charge in [0.1, 0.15) is 5.75 Å². The van der Waals surface area contributed by atoms with E-state index in [0.717, 1.165) is 17.7 Å². The van der Waals surface area contributed by atoms with Crippen LogP contribution in [0, 0.1) is 6.92 Å². The Balaban J connectivity index is 3.00. The molecule has 0 aliphatic carbocycles. The number of aromatic hydroxyl groups is 1. The Bertz CT molecular complexity index is 292. The van der Waals surface area contributed by atoms with Crippen LogP contribution in [0.4, 0.5) is 0 Å². The third kappa shape index (κ3) is 1.84. The summed E-state index contributed by atoms with van der Waals surface area (Å²) in [6.45, 7) is 4.58. The minimum Gasteiger partial charge on any atom is -0.507 e. The van der Waals surface area contributed by atoms with Crippen molar-refractivity contribution in [1.82, 2.24) is 0 Å². The van der Waals surface area contributed by atoms with Crippen molar-refractivity contribution < 1.29 is 5.11 Å². The van der Waals surface area contributed by atoms with E-state index in [2.05, 4.69) is 4.99 Å². The molecule has 0 radical (unpaired) electrons. The number of aliphatic imine (C=N–C) groups is 1. The van der Waals surface area contributed by atoms with Gasteiger partial charge in [0, 0.05) is 18.3 Å². The van der Waals surface area contributed by atoms with Crippen molar-refractivity contribution in [3.05, 3.63) is 29.3 Å².